The van der Waals surface area contributed by atoms with E-state index < -0.39 is 0 Å². The number of hydrogen-bond donors (Lipinski definition) is 1. The molecule has 7 nitrogen and oxygen atoms in total. The van der Waals surface area contributed by atoms with Crippen molar-refractivity contribution in [3.05, 3.63) is 86.8 Å². The van der Waals surface area contributed by atoms with E-state index in [1.54, 1.807) is 0 Å². The summed E-state index contributed by atoms with van der Waals surface area (Å²) in [4.78, 5) is 17.6. The van der Waals surface area contributed by atoms with Crippen LogP contribution in [0.4, 0.5) is 0 Å². The third kappa shape index (κ3) is 3.68. The Morgan fingerprint density at radius 2 is 1.90 bits per heavy atom. The van der Waals surface area contributed by atoms with Crippen molar-refractivity contribution in [2.24, 2.45) is 0 Å². The zero-order chi connectivity index (χ0) is 20.7. The van der Waals surface area contributed by atoms with Crippen LogP contribution in [0, 0.1) is 6.92 Å². The molecule has 1 N–H and O–H groups in total. The van der Waals surface area contributed by atoms with E-state index in [9.17, 15) is 4.79 Å². The molecule has 8 heteroatoms. The van der Waals surface area contributed by atoms with Crippen molar-refractivity contribution in [3.63, 3.8) is 0 Å². The molecular weight excluding hydrogens is 400 g/mol. The van der Waals surface area contributed by atoms with Gasteiger partial charge in [-0.3, -0.25) is 9.67 Å². The lowest BCUT2D eigenvalue weighted by atomic mass is 10.1. The lowest BCUT2D eigenvalue weighted by Gasteiger charge is -2.03. The molecule has 152 valence electrons. The van der Waals surface area contributed by atoms with Gasteiger partial charge in [0.15, 0.2) is 11.6 Å². The first-order valence-corrected chi connectivity index (χ1v) is 10.4. The Hall–Kier alpha value is -3.19. The van der Waals surface area contributed by atoms with Gasteiger partial charge in [-0.05, 0) is 31.4 Å². The van der Waals surface area contributed by atoms with Crippen LogP contribution in [0.1, 0.15) is 41.7 Å². The summed E-state index contributed by atoms with van der Waals surface area (Å²) < 4.78 is 3.28. The number of nitrogens with one attached hydrogen (secondary N) is 1. The highest BCUT2D eigenvalue weighted by Gasteiger charge is 2.30. The first-order chi connectivity index (χ1) is 14.6. The summed E-state index contributed by atoms with van der Waals surface area (Å²) in [5.41, 5.74) is 2.96. The van der Waals surface area contributed by atoms with Crippen LogP contribution < -0.4 is 5.69 Å². The molecule has 0 spiro atoms. The molecule has 0 radical (unpaired) electrons. The van der Waals surface area contributed by atoms with Crippen molar-refractivity contribution in [1.29, 1.82) is 0 Å². The highest BCUT2D eigenvalue weighted by molar-refractivity contribution is 6.31. The normalized spacial score (nSPS) is 13.7. The Labute approximate surface area is 178 Å². The number of halogens is 1. The predicted octanol–water partition coefficient (Wildman–Crippen LogP) is 3.77. The SMILES string of the molecule is Cc1ccc(-c2nn(Cc3nc(Cc4ccccc4Cl)n[nH]3)c(=O)n2C2CC2)cc1. The van der Waals surface area contributed by atoms with Gasteiger partial charge in [-0.25, -0.2) is 14.5 Å². The van der Waals surface area contributed by atoms with E-state index in [0.717, 1.165) is 24.0 Å². The number of aromatic nitrogens is 6. The van der Waals surface area contributed by atoms with Gasteiger partial charge < -0.3 is 0 Å². The van der Waals surface area contributed by atoms with Crippen LogP contribution in [0.2, 0.25) is 5.02 Å². The number of H-pyrrole nitrogens is 1. The molecule has 1 aliphatic rings. The minimum absolute atomic E-state index is 0.114. The summed E-state index contributed by atoms with van der Waals surface area (Å²) in [5.74, 6) is 1.93. The van der Waals surface area contributed by atoms with Crippen LogP contribution in [-0.4, -0.2) is 29.5 Å². The van der Waals surface area contributed by atoms with Crippen LogP contribution in [0.25, 0.3) is 11.4 Å². The fourth-order valence-corrected chi connectivity index (χ4v) is 3.73. The third-order valence-electron chi connectivity index (χ3n) is 5.28. The summed E-state index contributed by atoms with van der Waals surface area (Å²) >= 11 is 6.23. The summed E-state index contributed by atoms with van der Waals surface area (Å²) in [6.07, 6.45) is 2.54. The fourth-order valence-electron chi connectivity index (χ4n) is 3.52. The maximum Gasteiger partial charge on any atom is 0.346 e. The van der Waals surface area contributed by atoms with Crippen LogP contribution >= 0.6 is 11.6 Å². The van der Waals surface area contributed by atoms with Gasteiger partial charge in [0.05, 0.1) is 0 Å². The second-order valence-electron chi connectivity index (χ2n) is 7.70. The quantitative estimate of drug-likeness (QED) is 0.514. The fraction of sp³-hybridized carbons (Fsp3) is 0.273. The van der Waals surface area contributed by atoms with E-state index in [1.165, 1.54) is 10.2 Å². The highest BCUT2D eigenvalue weighted by Crippen LogP contribution is 2.36. The van der Waals surface area contributed by atoms with Crippen LogP contribution in [0.3, 0.4) is 0 Å². The zero-order valence-electron chi connectivity index (χ0n) is 16.5. The molecule has 0 bridgehead atoms. The van der Waals surface area contributed by atoms with Crippen molar-refractivity contribution < 1.29 is 0 Å². The van der Waals surface area contributed by atoms with E-state index in [2.05, 4.69) is 20.3 Å². The first kappa shape index (κ1) is 18.8. The van der Waals surface area contributed by atoms with E-state index in [-0.39, 0.29) is 18.3 Å². The zero-order valence-corrected chi connectivity index (χ0v) is 17.3. The topological polar surface area (TPSA) is 81.4 Å². The van der Waals surface area contributed by atoms with E-state index in [0.29, 0.717) is 28.9 Å². The highest BCUT2D eigenvalue weighted by atomic mass is 35.5. The molecule has 0 amide bonds. The lowest BCUT2D eigenvalue weighted by molar-refractivity contribution is 0.608. The average Bonchev–Trinajstić information content (AvgIpc) is 3.40. The third-order valence-corrected chi connectivity index (χ3v) is 5.64. The van der Waals surface area contributed by atoms with Gasteiger partial charge in [-0.2, -0.15) is 5.10 Å². The predicted molar refractivity (Wildman–Crippen MR) is 115 cm³/mol. The minimum Gasteiger partial charge on any atom is -0.272 e. The minimum atomic E-state index is -0.114. The molecule has 30 heavy (non-hydrogen) atoms. The Kier molecular flexibility index (Phi) is 4.75. The second kappa shape index (κ2) is 7.57. The lowest BCUT2D eigenvalue weighted by Crippen LogP contribution is -2.25. The summed E-state index contributed by atoms with van der Waals surface area (Å²) in [6, 6.07) is 15.9. The van der Waals surface area contributed by atoms with Crippen molar-refractivity contribution >= 4 is 11.6 Å². The maximum absolute atomic E-state index is 13.0. The number of aryl methyl sites for hydroxylation is 1. The van der Waals surface area contributed by atoms with Gasteiger partial charge in [0, 0.05) is 23.0 Å². The summed E-state index contributed by atoms with van der Waals surface area (Å²) in [7, 11) is 0. The molecule has 1 aliphatic carbocycles. The average molecular weight is 421 g/mol. The van der Waals surface area contributed by atoms with Crippen LogP contribution in [0.15, 0.2) is 53.3 Å². The molecular formula is C22H21ClN6O. The molecule has 5 rings (SSSR count). The van der Waals surface area contributed by atoms with Crippen molar-refractivity contribution in [2.75, 3.05) is 0 Å². The summed E-state index contributed by atoms with van der Waals surface area (Å²) in [6.45, 7) is 2.29. The first-order valence-electron chi connectivity index (χ1n) is 9.98. The van der Waals surface area contributed by atoms with Gasteiger partial charge in [0.2, 0.25) is 0 Å². The number of rotatable bonds is 6. The Morgan fingerprint density at radius 3 is 2.63 bits per heavy atom. The molecule has 0 aliphatic heterocycles. The molecule has 2 heterocycles. The number of benzene rings is 2. The Morgan fingerprint density at radius 1 is 1.13 bits per heavy atom. The molecule has 2 aromatic heterocycles. The van der Waals surface area contributed by atoms with Crippen molar-refractivity contribution in [2.45, 2.75) is 38.8 Å². The van der Waals surface area contributed by atoms with Gasteiger partial charge in [-0.1, -0.05) is 59.6 Å². The number of nitrogens with zero attached hydrogens (tertiary/aromatic N) is 5. The van der Waals surface area contributed by atoms with Gasteiger partial charge in [-0.15, -0.1) is 5.10 Å². The number of aromatic amines is 1. The molecule has 0 unspecified atom stereocenters. The molecule has 0 atom stereocenters. The second-order valence-corrected chi connectivity index (χ2v) is 8.10. The van der Waals surface area contributed by atoms with Gasteiger partial charge in [0.1, 0.15) is 12.4 Å². The van der Waals surface area contributed by atoms with E-state index in [4.69, 9.17) is 11.6 Å². The van der Waals surface area contributed by atoms with Crippen molar-refractivity contribution in [3.8, 4) is 11.4 Å². The standard InChI is InChI=1S/C22H21ClN6O/c1-14-6-8-15(9-7-14)21-27-28(22(30)29(21)17-10-11-17)13-20-24-19(25-26-20)12-16-4-2-3-5-18(16)23/h2-9,17H,10-13H2,1H3,(H,24,25,26). The molecule has 2 aromatic carbocycles. The Balaban J connectivity index is 1.42. The maximum atomic E-state index is 13.0. The van der Waals surface area contributed by atoms with E-state index in [1.807, 2.05) is 60.0 Å². The Bertz CT molecular complexity index is 1250. The molecule has 0 saturated heterocycles. The van der Waals surface area contributed by atoms with Gasteiger partial charge in [0.25, 0.3) is 0 Å². The molecule has 4 aromatic rings. The van der Waals surface area contributed by atoms with Crippen molar-refractivity contribution in [1.82, 2.24) is 29.5 Å². The van der Waals surface area contributed by atoms with Crippen LogP contribution in [0.5, 0.6) is 0 Å². The smallest absolute Gasteiger partial charge is 0.272 e. The van der Waals surface area contributed by atoms with E-state index >= 15 is 0 Å². The molecule has 1 fully saturated rings. The monoisotopic (exact) mass is 420 g/mol. The number of hydrogen-bond acceptors (Lipinski definition) is 4. The van der Waals surface area contributed by atoms with Gasteiger partial charge >= 0.3 is 5.69 Å². The molecule has 1 saturated carbocycles. The largest absolute Gasteiger partial charge is 0.346 e. The summed E-state index contributed by atoms with van der Waals surface area (Å²) in [5, 5.41) is 12.5. The van der Waals surface area contributed by atoms with Crippen LogP contribution in [-0.2, 0) is 13.0 Å².